The molecule has 18 heavy (non-hydrogen) atoms. The van der Waals surface area contributed by atoms with Crippen molar-refractivity contribution in [2.24, 2.45) is 0 Å². The molecule has 1 rings (SSSR count). The van der Waals surface area contributed by atoms with Crippen molar-refractivity contribution >= 4 is 15.9 Å². The van der Waals surface area contributed by atoms with Gasteiger partial charge in [0, 0.05) is 29.6 Å². The summed E-state index contributed by atoms with van der Waals surface area (Å²) in [7, 11) is 2.19. The maximum Gasteiger partial charge on any atom is 0.0234 e. The summed E-state index contributed by atoms with van der Waals surface area (Å²) in [5, 5.41) is 3.56. The predicted octanol–water partition coefficient (Wildman–Crippen LogP) is 3.66. The molecule has 0 bridgehead atoms. The number of hydrogen-bond donors (Lipinski definition) is 1. The predicted molar refractivity (Wildman–Crippen MR) is 82.8 cm³/mol. The molecular formula is C15H25BrN2. The van der Waals surface area contributed by atoms with E-state index in [0.29, 0.717) is 12.1 Å². The topological polar surface area (TPSA) is 15.3 Å². The van der Waals surface area contributed by atoms with E-state index in [1.807, 2.05) is 0 Å². The van der Waals surface area contributed by atoms with Crippen molar-refractivity contribution in [3.8, 4) is 0 Å². The summed E-state index contributed by atoms with van der Waals surface area (Å²) in [6, 6.07) is 9.71. The molecule has 3 heteroatoms. The largest absolute Gasteiger partial charge is 0.313 e. The first-order valence-electron chi connectivity index (χ1n) is 6.71. The zero-order valence-corrected chi connectivity index (χ0v) is 13.5. The highest BCUT2D eigenvalue weighted by atomic mass is 79.9. The molecule has 2 atom stereocenters. The van der Waals surface area contributed by atoms with Crippen molar-refractivity contribution < 1.29 is 0 Å². The summed E-state index contributed by atoms with van der Waals surface area (Å²) >= 11 is 3.47. The van der Waals surface area contributed by atoms with Crippen LogP contribution in [0.4, 0.5) is 0 Å². The lowest BCUT2D eigenvalue weighted by Gasteiger charge is -2.26. The van der Waals surface area contributed by atoms with Gasteiger partial charge in [-0.05, 0) is 45.0 Å². The van der Waals surface area contributed by atoms with E-state index < -0.39 is 0 Å². The van der Waals surface area contributed by atoms with Crippen LogP contribution in [-0.4, -0.2) is 30.6 Å². The average Bonchev–Trinajstić information content (AvgIpc) is 2.38. The lowest BCUT2D eigenvalue weighted by Crippen LogP contribution is -2.40. The molecule has 0 aromatic heterocycles. The Hall–Kier alpha value is -0.380. The Kier molecular flexibility index (Phi) is 6.90. The molecule has 1 N–H and O–H groups in total. The van der Waals surface area contributed by atoms with Gasteiger partial charge >= 0.3 is 0 Å². The number of nitrogens with zero attached hydrogens (tertiary/aromatic N) is 1. The average molecular weight is 313 g/mol. The summed E-state index contributed by atoms with van der Waals surface area (Å²) in [5.41, 5.74) is 1.36. The van der Waals surface area contributed by atoms with E-state index in [1.54, 1.807) is 0 Å². The van der Waals surface area contributed by atoms with Gasteiger partial charge in [-0.15, -0.1) is 0 Å². The number of hydrogen-bond acceptors (Lipinski definition) is 2. The second-order valence-corrected chi connectivity index (χ2v) is 6.02. The van der Waals surface area contributed by atoms with Crippen LogP contribution in [-0.2, 0) is 6.54 Å². The van der Waals surface area contributed by atoms with Gasteiger partial charge in [-0.1, -0.05) is 35.0 Å². The number of nitrogens with one attached hydrogen (secondary N) is 1. The van der Waals surface area contributed by atoms with E-state index in [9.17, 15) is 0 Å². The van der Waals surface area contributed by atoms with Crippen LogP contribution in [0.25, 0.3) is 0 Å². The highest BCUT2D eigenvalue weighted by Crippen LogP contribution is 2.12. The van der Waals surface area contributed by atoms with E-state index in [4.69, 9.17) is 0 Å². The molecule has 0 aliphatic heterocycles. The van der Waals surface area contributed by atoms with E-state index in [0.717, 1.165) is 17.6 Å². The Morgan fingerprint density at radius 2 is 1.83 bits per heavy atom. The fourth-order valence-electron chi connectivity index (χ4n) is 1.71. The van der Waals surface area contributed by atoms with Crippen LogP contribution < -0.4 is 5.32 Å². The molecule has 0 amide bonds. The molecule has 2 nitrogen and oxygen atoms in total. The third-order valence-corrected chi connectivity index (χ3v) is 4.00. The van der Waals surface area contributed by atoms with E-state index >= 15 is 0 Å². The molecular weight excluding hydrogens is 288 g/mol. The zero-order valence-electron chi connectivity index (χ0n) is 11.9. The van der Waals surface area contributed by atoms with Gasteiger partial charge in [-0.3, -0.25) is 4.90 Å². The highest BCUT2D eigenvalue weighted by molar-refractivity contribution is 9.10. The molecule has 0 saturated carbocycles. The van der Waals surface area contributed by atoms with Gasteiger partial charge in [0.05, 0.1) is 0 Å². The van der Waals surface area contributed by atoms with Crippen molar-refractivity contribution in [3.63, 3.8) is 0 Å². The van der Waals surface area contributed by atoms with Crippen molar-refractivity contribution in [1.29, 1.82) is 0 Å². The van der Waals surface area contributed by atoms with Crippen molar-refractivity contribution in [1.82, 2.24) is 10.2 Å². The minimum Gasteiger partial charge on any atom is -0.313 e. The zero-order chi connectivity index (χ0) is 13.5. The molecule has 0 heterocycles. The molecule has 0 fully saturated rings. The molecule has 2 unspecified atom stereocenters. The highest BCUT2D eigenvalue weighted by Gasteiger charge is 2.10. The summed E-state index contributed by atoms with van der Waals surface area (Å²) in [4.78, 5) is 2.39. The molecule has 0 radical (unpaired) electrons. The van der Waals surface area contributed by atoms with Crippen molar-refractivity contribution in [3.05, 3.63) is 34.3 Å². The van der Waals surface area contributed by atoms with Crippen LogP contribution >= 0.6 is 15.9 Å². The Bertz CT molecular complexity index is 337. The first-order valence-corrected chi connectivity index (χ1v) is 7.50. The Morgan fingerprint density at radius 3 is 2.39 bits per heavy atom. The molecule has 0 saturated heterocycles. The van der Waals surface area contributed by atoms with Crippen LogP contribution in [0.3, 0.4) is 0 Å². The maximum atomic E-state index is 3.56. The summed E-state index contributed by atoms with van der Waals surface area (Å²) in [6.45, 7) is 8.77. The number of halogens is 1. The molecule has 0 spiro atoms. The van der Waals surface area contributed by atoms with Crippen molar-refractivity contribution in [2.45, 2.75) is 45.8 Å². The normalized spacial score (nSPS) is 14.8. The second-order valence-electron chi connectivity index (χ2n) is 5.11. The fraction of sp³-hybridized carbons (Fsp3) is 0.600. The lowest BCUT2D eigenvalue weighted by molar-refractivity contribution is 0.237. The second kappa shape index (κ2) is 7.93. The number of benzene rings is 1. The summed E-state index contributed by atoms with van der Waals surface area (Å²) in [5.74, 6) is 0. The third kappa shape index (κ3) is 5.51. The molecule has 102 valence electrons. The van der Waals surface area contributed by atoms with Gasteiger partial charge < -0.3 is 5.32 Å². The molecule has 1 aromatic carbocycles. The number of likely N-dealkylation sites (N-methyl/N-ethyl adjacent to an activating group) is 1. The Morgan fingerprint density at radius 1 is 1.22 bits per heavy atom. The van der Waals surface area contributed by atoms with Crippen LogP contribution in [0.5, 0.6) is 0 Å². The van der Waals surface area contributed by atoms with Crippen LogP contribution in [0, 0.1) is 0 Å². The van der Waals surface area contributed by atoms with Gasteiger partial charge in [0.1, 0.15) is 0 Å². The number of rotatable bonds is 7. The van der Waals surface area contributed by atoms with E-state index in [-0.39, 0.29) is 0 Å². The van der Waals surface area contributed by atoms with Gasteiger partial charge in [-0.25, -0.2) is 0 Å². The first kappa shape index (κ1) is 15.7. The lowest BCUT2D eigenvalue weighted by atomic mass is 10.2. The van der Waals surface area contributed by atoms with Crippen LogP contribution in [0.15, 0.2) is 28.7 Å². The summed E-state index contributed by atoms with van der Waals surface area (Å²) < 4.78 is 1.14. The minimum absolute atomic E-state index is 0.544. The minimum atomic E-state index is 0.544. The van der Waals surface area contributed by atoms with Gasteiger partial charge in [0.2, 0.25) is 0 Å². The van der Waals surface area contributed by atoms with Gasteiger partial charge in [-0.2, -0.15) is 0 Å². The van der Waals surface area contributed by atoms with Crippen LogP contribution in [0.1, 0.15) is 32.8 Å². The van der Waals surface area contributed by atoms with Gasteiger partial charge in [0.15, 0.2) is 0 Å². The molecule has 0 aliphatic rings. The molecule has 0 aliphatic carbocycles. The van der Waals surface area contributed by atoms with Crippen molar-refractivity contribution in [2.75, 3.05) is 13.6 Å². The molecule has 1 aromatic rings. The maximum absolute atomic E-state index is 3.56. The Balaban J connectivity index is 2.39. The quantitative estimate of drug-likeness (QED) is 0.826. The monoisotopic (exact) mass is 312 g/mol. The van der Waals surface area contributed by atoms with Gasteiger partial charge in [0.25, 0.3) is 0 Å². The SMILES string of the molecule is CCC(C)NCC(C)N(C)Cc1ccc(Br)cc1. The van der Waals surface area contributed by atoms with E-state index in [1.165, 1.54) is 12.0 Å². The third-order valence-electron chi connectivity index (χ3n) is 3.47. The Labute approximate surface area is 120 Å². The standard InChI is InChI=1S/C15H25BrN2/c1-5-12(2)17-10-13(3)18(4)11-14-6-8-15(16)9-7-14/h6-9,12-13,17H,5,10-11H2,1-4H3. The fourth-order valence-corrected chi connectivity index (χ4v) is 1.97. The van der Waals surface area contributed by atoms with E-state index in [2.05, 4.69) is 78.2 Å². The van der Waals surface area contributed by atoms with Crippen LogP contribution in [0.2, 0.25) is 0 Å². The first-order chi connectivity index (χ1) is 8.52. The summed E-state index contributed by atoms with van der Waals surface area (Å²) in [6.07, 6.45) is 1.18. The smallest absolute Gasteiger partial charge is 0.0234 e.